The molecule has 16 heavy (non-hydrogen) atoms. The molecule has 1 atom stereocenters. The number of benzene rings is 1. The Hall–Kier alpha value is -1.55. The van der Waals surface area contributed by atoms with E-state index in [1.165, 1.54) is 12.1 Å². The maximum absolute atomic E-state index is 11.6. The number of aromatic hydroxyl groups is 1. The van der Waals surface area contributed by atoms with Gasteiger partial charge in [-0.3, -0.25) is 4.79 Å². The molecule has 1 aromatic rings. The summed E-state index contributed by atoms with van der Waals surface area (Å²) in [4.78, 5) is 11.6. The summed E-state index contributed by atoms with van der Waals surface area (Å²) in [6.45, 7) is 4.04. The van der Waals surface area contributed by atoms with E-state index in [-0.39, 0.29) is 11.7 Å². The summed E-state index contributed by atoms with van der Waals surface area (Å²) in [5.41, 5.74) is 6.38. The molecule has 0 aliphatic carbocycles. The van der Waals surface area contributed by atoms with E-state index in [0.29, 0.717) is 18.0 Å². The Balaban J connectivity index is 2.54. The summed E-state index contributed by atoms with van der Waals surface area (Å²) in [7, 11) is 0. The van der Waals surface area contributed by atoms with E-state index in [9.17, 15) is 4.79 Å². The molecule has 0 aliphatic rings. The van der Waals surface area contributed by atoms with Gasteiger partial charge in [0.1, 0.15) is 5.75 Å². The van der Waals surface area contributed by atoms with Crippen LogP contribution in [0.2, 0.25) is 0 Å². The minimum atomic E-state index is -0.492. The molecule has 0 spiro atoms. The molecule has 0 saturated heterocycles. The van der Waals surface area contributed by atoms with Crippen LogP contribution in [0.5, 0.6) is 5.75 Å². The van der Waals surface area contributed by atoms with Crippen LogP contribution in [-0.2, 0) is 4.79 Å². The van der Waals surface area contributed by atoms with E-state index >= 15 is 0 Å². The minimum absolute atomic E-state index is 0.171. The minimum Gasteiger partial charge on any atom is -0.508 e. The van der Waals surface area contributed by atoms with Gasteiger partial charge in [-0.2, -0.15) is 0 Å². The first-order chi connectivity index (χ1) is 7.49. The van der Waals surface area contributed by atoms with Crippen LogP contribution in [0.3, 0.4) is 0 Å². The fraction of sp³-hybridized carbons (Fsp3) is 0.417. The predicted octanol–water partition coefficient (Wildman–Crippen LogP) is 1.70. The lowest BCUT2D eigenvalue weighted by atomic mass is 10.0. The van der Waals surface area contributed by atoms with E-state index in [2.05, 4.69) is 5.32 Å². The molecule has 0 aromatic heterocycles. The highest BCUT2D eigenvalue weighted by molar-refractivity contribution is 5.94. The van der Waals surface area contributed by atoms with E-state index < -0.39 is 6.04 Å². The van der Waals surface area contributed by atoms with Crippen LogP contribution in [0.1, 0.15) is 20.3 Å². The van der Waals surface area contributed by atoms with Crippen molar-refractivity contribution in [3.63, 3.8) is 0 Å². The van der Waals surface area contributed by atoms with Crippen molar-refractivity contribution in [3.05, 3.63) is 24.3 Å². The maximum Gasteiger partial charge on any atom is 0.241 e. The Morgan fingerprint density at radius 3 is 2.44 bits per heavy atom. The molecule has 4 N–H and O–H groups in total. The maximum atomic E-state index is 11.6. The van der Waals surface area contributed by atoms with Crippen LogP contribution in [-0.4, -0.2) is 17.1 Å². The molecule has 1 rings (SSSR count). The van der Waals surface area contributed by atoms with Gasteiger partial charge in [0, 0.05) is 5.69 Å². The second-order valence-corrected chi connectivity index (χ2v) is 4.27. The summed E-state index contributed by atoms with van der Waals surface area (Å²) in [5.74, 6) is 0.365. The van der Waals surface area contributed by atoms with E-state index in [1.54, 1.807) is 12.1 Å². The number of hydrogen-bond donors (Lipinski definition) is 3. The summed E-state index contributed by atoms with van der Waals surface area (Å²) in [5, 5.41) is 11.8. The molecule has 88 valence electrons. The largest absolute Gasteiger partial charge is 0.508 e. The molecule has 0 unspecified atom stereocenters. The van der Waals surface area contributed by atoms with E-state index in [1.807, 2.05) is 13.8 Å². The lowest BCUT2D eigenvalue weighted by Crippen LogP contribution is -2.36. The third-order valence-electron chi connectivity index (χ3n) is 2.20. The number of phenolic OH excluding ortho intramolecular Hbond substituents is 1. The number of carbonyl (C=O) groups excluding carboxylic acids is 1. The zero-order valence-corrected chi connectivity index (χ0v) is 9.60. The molecule has 0 aliphatic heterocycles. The van der Waals surface area contributed by atoms with Gasteiger partial charge in [-0.15, -0.1) is 0 Å². The molecule has 1 amide bonds. The standard InChI is InChI=1S/C12H18N2O2/c1-8(2)7-11(13)12(16)14-9-3-5-10(15)6-4-9/h3-6,8,11,15H,7,13H2,1-2H3,(H,14,16)/t11-/m0/s1. The Morgan fingerprint density at radius 2 is 1.94 bits per heavy atom. The number of phenols is 1. The zero-order valence-electron chi connectivity index (χ0n) is 9.60. The van der Waals surface area contributed by atoms with Gasteiger partial charge in [0.05, 0.1) is 6.04 Å². The molecule has 0 heterocycles. The SMILES string of the molecule is CC(C)C[C@H](N)C(=O)Nc1ccc(O)cc1. The van der Waals surface area contributed by atoms with Crippen molar-refractivity contribution in [2.45, 2.75) is 26.3 Å². The van der Waals surface area contributed by atoms with Gasteiger partial charge >= 0.3 is 0 Å². The van der Waals surface area contributed by atoms with Crippen LogP contribution in [0.25, 0.3) is 0 Å². The van der Waals surface area contributed by atoms with Gasteiger partial charge < -0.3 is 16.2 Å². The van der Waals surface area contributed by atoms with E-state index in [4.69, 9.17) is 10.8 Å². The molecular formula is C12H18N2O2. The van der Waals surface area contributed by atoms with Crippen LogP contribution in [0.4, 0.5) is 5.69 Å². The van der Waals surface area contributed by atoms with Crippen molar-refractivity contribution in [1.82, 2.24) is 0 Å². The highest BCUT2D eigenvalue weighted by Crippen LogP contribution is 2.14. The van der Waals surface area contributed by atoms with Gasteiger partial charge in [-0.1, -0.05) is 13.8 Å². The third-order valence-corrected chi connectivity index (χ3v) is 2.20. The van der Waals surface area contributed by atoms with Gasteiger partial charge in [0.25, 0.3) is 0 Å². The van der Waals surface area contributed by atoms with E-state index in [0.717, 1.165) is 0 Å². The molecule has 0 fully saturated rings. The second kappa shape index (κ2) is 5.51. The van der Waals surface area contributed by atoms with Crippen LogP contribution in [0.15, 0.2) is 24.3 Å². The highest BCUT2D eigenvalue weighted by Gasteiger charge is 2.14. The molecule has 4 heteroatoms. The third kappa shape index (κ3) is 3.90. The molecule has 4 nitrogen and oxygen atoms in total. The predicted molar refractivity (Wildman–Crippen MR) is 64.2 cm³/mol. The number of anilines is 1. The first-order valence-electron chi connectivity index (χ1n) is 5.34. The van der Waals surface area contributed by atoms with Gasteiger partial charge in [-0.25, -0.2) is 0 Å². The van der Waals surface area contributed by atoms with Gasteiger partial charge in [-0.05, 0) is 36.6 Å². The molecular weight excluding hydrogens is 204 g/mol. The Bertz CT molecular complexity index is 347. The fourth-order valence-electron chi connectivity index (χ4n) is 1.39. The average molecular weight is 222 g/mol. The zero-order chi connectivity index (χ0) is 12.1. The van der Waals surface area contributed by atoms with Crippen molar-refractivity contribution in [3.8, 4) is 5.75 Å². The van der Waals surface area contributed by atoms with Crippen molar-refractivity contribution in [2.75, 3.05) is 5.32 Å². The molecule has 0 bridgehead atoms. The normalized spacial score (nSPS) is 12.5. The van der Waals surface area contributed by atoms with Gasteiger partial charge in [0.2, 0.25) is 5.91 Å². The van der Waals surface area contributed by atoms with Crippen molar-refractivity contribution < 1.29 is 9.90 Å². The lowest BCUT2D eigenvalue weighted by Gasteiger charge is -2.14. The summed E-state index contributed by atoms with van der Waals surface area (Å²) >= 11 is 0. The fourth-order valence-corrected chi connectivity index (χ4v) is 1.39. The van der Waals surface area contributed by atoms with Crippen LogP contribution >= 0.6 is 0 Å². The number of rotatable bonds is 4. The smallest absolute Gasteiger partial charge is 0.241 e. The molecule has 0 saturated carbocycles. The van der Waals surface area contributed by atoms with Crippen LogP contribution in [0, 0.1) is 5.92 Å². The number of nitrogens with two attached hydrogens (primary N) is 1. The molecule has 0 radical (unpaired) electrons. The monoisotopic (exact) mass is 222 g/mol. The quantitative estimate of drug-likeness (QED) is 0.679. The Morgan fingerprint density at radius 1 is 1.38 bits per heavy atom. The molecule has 1 aromatic carbocycles. The summed E-state index contributed by atoms with van der Waals surface area (Å²) < 4.78 is 0. The van der Waals surface area contributed by atoms with Gasteiger partial charge in [0.15, 0.2) is 0 Å². The van der Waals surface area contributed by atoms with Crippen molar-refractivity contribution >= 4 is 11.6 Å². The lowest BCUT2D eigenvalue weighted by molar-refractivity contribution is -0.117. The van der Waals surface area contributed by atoms with Crippen molar-refractivity contribution in [1.29, 1.82) is 0 Å². The second-order valence-electron chi connectivity index (χ2n) is 4.27. The van der Waals surface area contributed by atoms with Crippen molar-refractivity contribution in [2.24, 2.45) is 11.7 Å². The Labute approximate surface area is 95.5 Å². The highest BCUT2D eigenvalue weighted by atomic mass is 16.3. The average Bonchev–Trinajstić information content (AvgIpc) is 2.20. The van der Waals surface area contributed by atoms with Crippen LogP contribution < -0.4 is 11.1 Å². The Kier molecular flexibility index (Phi) is 4.31. The number of nitrogens with one attached hydrogen (secondary N) is 1. The topological polar surface area (TPSA) is 75.4 Å². The first kappa shape index (κ1) is 12.5. The summed E-state index contributed by atoms with van der Waals surface area (Å²) in [6, 6.07) is 5.81. The number of hydrogen-bond acceptors (Lipinski definition) is 3. The number of carbonyl (C=O) groups is 1. The number of amides is 1. The summed E-state index contributed by atoms with van der Waals surface area (Å²) in [6.07, 6.45) is 0.657. The first-order valence-corrected chi connectivity index (χ1v) is 5.34.